The Morgan fingerprint density at radius 2 is 2.15 bits per heavy atom. The van der Waals surface area contributed by atoms with Gasteiger partial charge < -0.3 is 10.6 Å². The molecule has 1 heterocycles. The average molecular weight is 468 g/mol. The summed E-state index contributed by atoms with van der Waals surface area (Å²) >= 11 is 11.0. The Bertz CT molecular complexity index is 964. The van der Waals surface area contributed by atoms with Crippen LogP contribution < -0.4 is 16.0 Å². The topological polar surface area (TPSA) is 90.3 Å². The number of nitrogens with one attached hydrogen (secondary N) is 1. The van der Waals surface area contributed by atoms with Crippen LogP contribution in [-0.4, -0.2) is 28.2 Å². The maximum absolute atomic E-state index is 6.17. The van der Waals surface area contributed by atoms with Crippen LogP contribution in [-0.2, 0) is 5.75 Å². The van der Waals surface area contributed by atoms with Crippen molar-refractivity contribution in [2.24, 2.45) is 5.10 Å². The summed E-state index contributed by atoms with van der Waals surface area (Å²) in [6.07, 6.45) is 1.62. The minimum atomic E-state index is 0.321. The van der Waals surface area contributed by atoms with Crippen LogP contribution in [0.1, 0.15) is 11.1 Å². The second-order valence-corrected chi connectivity index (χ2v) is 7.58. The molecule has 27 heavy (non-hydrogen) atoms. The van der Waals surface area contributed by atoms with Crippen LogP contribution >= 0.6 is 39.3 Å². The molecule has 0 atom stereocenters. The molecule has 0 aliphatic heterocycles. The lowest BCUT2D eigenvalue weighted by molar-refractivity contribution is 0.414. The Labute approximate surface area is 174 Å². The maximum Gasteiger partial charge on any atom is 0.264 e. The maximum atomic E-state index is 6.17. The fraction of sp³-hybridized carbons (Fsp3) is 0.118. The summed E-state index contributed by atoms with van der Waals surface area (Å²) in [6.45, 7) is 0. The highest BCUT2D eigenvalue weighted by Crippen LogP contribution is 2.26. The number of aromatic nitrogens is 3. The van der Waals surface area contributed by atoms with E-state index in [0.717, 1.165) is 15.6 Å². The number of hydrogen-bond donors (Lipinski definition) is 2. The molecule has 0 fully saturated rings. The molecule has 0 amide bonds. The summed E-state index contributed by atoms with van der Waals surface area (Å²) in [4.78, 5) is 0. The van der Waals surface area contributed by atoms with Gasteiger partial charge >= 0.3 is 0 Å². The number of halogens is 2. The number of thioether (sulfide) groups is 1. The molecule has 140 valence electrons. The van der Waals surface area contributed by atoms with E-state index < -0.39 is 0 Å². The van der Waals surface area contributed by atoms with Crippen LogP contribution in [0.5, 0.6) is 5.75 Å². The van der Waals surface area contributed by atoms with Crippen LogP contribution in [0.3, 0.4) is 0 Å². The zero-order chi connectivity index (χ0) is 19.2. The Hall–Kier alpha value is -2.23. The van der Waals surface area contributed by atoms with E-state index in [1.165, 1.54) is 16.4 Å². The smallest absolute Gasteiger partial charge is 0.264 e. The van der Waals surface area contributed by atoms with Crippen molar-refractivity contribution in [2.45, 2.75) is 10.9 Å². The molecular weight excluding hydrogens is 452 g/mol. The molecule has 3 rings (SSSR count). The molecule has 3 N–H and O–H groups in total. The molecule has 3 aromatic rings. The number of rotatable bonds is 7. The highest BCUT2D eigenvalue weighted by atomic mass is 79.9. The van der Waals surface area contributed by atoms with Crippen LogP contribution in [0.2, 0.25) is 5.02 Å². The molecule has 0 radical (unpaired) electrons. The van der Waals surface area contributed by atoms with Crippen molar-refractivity contribution in [3.05, 3.63) is 63.1 Å². The number of methoxy groups -OCH3 is 1. The predicted octanol–water partition coefficient (Wildman–Crippen LogP) is 4.15. The molecule has 0 spiro atoms. The first-order valence-corrected chi connectivity index (χ1v) is 9.93. The quantitative estimate of drug-likeness (QED) is 0.235. The van der Waals surface area contributed by atoms with E-state index in [9.17, 15) is 0 Å². The van der Waals surface area contributed by atoms with Crippen molar-refractivity contribution in [1.29, 1.82) is 0 Å². The van der Waals surface area contributed by atoms with E-state index in [-0.39, 0.29) is 0 Å². The Morgan fingerprint density at radius 3 is 2.93 bits per heavy atom. The Kier molecular flexibility index (Phi) is 6.59. The lowest BCUT2D eigenvalue weighted by Gasteiger charge is -2.05. The Morgan fingerprint density at radius 1 is 1.33 bits per heavy atom. The number of nitrogens with two attached hydrogens (primary N) is 1. The van der Waals surface area contributed by atoms with Crippen molar-refractivity contribution < 1.29 is 4.74 Å². The predicted molar refractivity (Wildman–Crippen MR) is 113 cm³/mol. The number of nitrogen functional groups attached to an aromatic ring is 1. The first kappa shape index (κ1) is 19.5. The van der Waals surface area contributed by atoms with E-state index in [1.54, 1.807) is 13.3 Å². The van der Waals surface area contributed by atoms with E-state index >= 15 is 0 Å². The molecule has 7 nitrogen and oxygen atoms in total. The zero-order valence-electron chi connectivity index (χ0n) is 14.3. The Balaban J connectivity index is 1.65. The molecule has 0 aliphatic rings. The number of ether oxygens (including phenoxy) is 1. The molecule has 0 bridgehead atoms. The largest absolute Gasteiger partial charge is 0.496 e. The molecule has 0 saturated heterocycles. The molecule has 10 heteroatoms. The number of nitrogens with zero attached hydrogens (tertiary/aromatic N) is 4. The van der Waals surface area contributed by atoms with Crippen molar-refractivity contribution in [3.8, 4) is 5.75 Å². The minimum Gasteiger partial charge on any atom is -0.496 e. The summed E-state index contributed by atoms with van der Waals surface area (Å²) in [6, 6.07) is 13.3. The van der Waals surface area contributed by atoms with Crippen LogP contribution in [0.25, 0.3) is 0 Å². The second kappa shape index (κ2) is 9.12. The van der Waals surface area contributed by atoms with E-state index in [2.05, 4.69) is 36.7 Å². The first-order chi connectivity index (χ1) is 13.1. The fourth-order valence-corrected chi connectivity index (χ4v) is 3.70. The van der Waals surface area contributed by atoms with Gasteiger partial charge in [-0.15, -0.1) is 10.2 Å². The van der Waals surface area contributed by atoms with Crippen LogP contribution in [0, 0.1) is 0 Å². The summed E-state index contributed by atoms with van der Waals surface area (Å²) in [5, 5.41) is 13.5. The third kappa shape index (κ3) is 4.94. The van der Waals surface area contributed by atoms with Gasteiger partial charge in [-0.3, -0.25) is 0 Å². The van der Waals surface area contributed by atoms with Gasteiger partial charge in [0.15, 0.2) is 0 Å². The summed E-state index contributed by atoms with van der Waals surface area (Å²) in [5.74, 6) is 7.69. The van der Waals surface area contributed by atoms with Gasteiger partial charge in [-0.1, -0.05) is 57.5 Å². The van der Waals surface area contributed by atoms with Gasteiger partial charge in [0.25, 0.3) is 5.95 Å². The van der Waals surface area contributed by atoms with Gasteiger partial charge in [0.05, 0.1) is 13.3 Å². The van der Waals surface area contributed by atoms with Gasteiger partial charge in [-0.2, -0.15) is 5.10 Å². The normalized spacial score (nSPS) is 11.1. The molecule has 1 aromatic heterocycles. The van der Waals surface area contributed by atoms with Crippen LogP contribution in [0.15, 0.2) is 57.2 Å². The van der Waals surface area contributed by atoms with Crippen molar-refractivity contribution in [2.75, 3.05) is 18.4 Å². The van der Waals surface area contributed by atoms with Crippen molar-refractivity contribution in [3.63, 3.8) is 0 Å². The monoisotopic (exact) mass is 466 g/mol. The van der Waals surface area contributed by atoms with Gasteiger partial charge in [0, 0.05) is 20.8 Å². The number of benzene rings is 2. The van der Waals surface area contributed by atoms with Crippen molar-refractivity contribution in [1.82, 2.24) is 14.9 Å². The summed E-state index contributed by atoms with van der Waals surface area (Å²) in [7, 11) is 1.60. The zero-order valence-corrected chi connectivity index (χ0v) is 17.4. The highest BCUT2D eigenvalue weighted by Gasteiger charge is 2.11. The lowest BCUT2D eigenvalue weighted by Crippen LogP contribution is -2.13. The SMILES string of the molecule is COc1ccc(Br)cc1/C=N/Nc1nnc(SCc2ccccc2Cl)n1N. The third-order valence-electron chi connectivity index (χ3n) is 3.54. The standard InChI is InChI=1S/C17H16BrClN6OS/c1-26-15-7-6-13(18)8-12(15)9-21-22-16-23-24-17(25(16)20)27-10-11-4-2-3-5-14(11)19/h2-9H,10,20H2,1H3,(H,22,23)/b21-9+. The molecule has 0 unspecified atom stereocenters. The lowest BCUT2D eigenvalue weighted by atomic mass is 10.2. The number of hydrogen-bond acceptors (Lipinski definition) is 7. The first-order valence-electron chi connectivity index (χ1n) is 7.78. The molecule has 0 saturated carbocycles. The summed E-state index contributed by atoms with van der Waals surface area (Å²) < 4.78 is 7.57. The van der Waals surface area contributed by atoms with E-state index in [0.29, 0.717) is 27.6 Å². The molecular formula is C17H16BrClN6OS. The summed E-state index contributed by atoms with van der Waals surface area (Å²) in [5.41, 5.74) is 4.59. The van der Waals surface area contributed by atoms with E-state index in [1.807, 2.05) is 42.5 Å². The number of hydrazone groups is 1. The minimum absolute atomic E-state index is 0.321. The van der Waals surface area contributed by atoms with E-state index in [4.69, 9.17) is 22.2 Å². The fourth-order valence-electron chi connectivity index (χ4n) is 2.18. The van der Waals surface area contributed by atoms with Gasteiger partial charge in [0.1, 0.15) is 5.75 Å². The van der Waals surface area contributed by atoms with Gasteiger partial charge in [0.2, 0.25) is 5.16 Å². The van der Waals surface area contributed by atoms with Crippen molar-refractivity contribution >= 4 is 51.5 Å². The third-order valence-corrected chi connectivity index (χ3v) is 5.39. The molecule has 2 aromatic carbocycles. The van der Waals surface area contributed by atoms with Gasteiger partial charge in [-0.05, 0) is 29.8 Å². The van der Waals surface area contributed by atoms with Crippen LogP contribution in [0.4, 0.5) is 5.95 Å². The molecule has 0 aliphatic carbocycles. The average Bonchev–Trinajstić information content (AvgIpc) is 3.01. The van der Waals surface area contributed by atoms with Gasteiger partial charge in [-0.25, -0.2) is 10.1 Å². The number of anilines is 1. The highest BCUT2D eigenvalue weighted by molar-refractivity contribution is 9.10. The second-order valence-electron chi connectivity index (χ2n) is 5.31.